The van der Waals surface area contributed by atoms with Gasteiger partial charge in [-0.15, -0.1) is 0 Å². The Hall–Kier alpha value is -1.94. The van der Waals surface area contributed by atoms with Gasteiger partial charge in [0.05, 0.1) is 26.4 Å². The van der Waals surface area contributed by atoms with E-state index < -0.39 is 97.5 Å². The van der Waals surface area contributed by atoms with Gasteiger partial charge in [-0.1, -0.05) is 312 Å². The lowest BCUT2D eigenvalue weighted by atomic mass is 9.99. The maximum absolute atomic E-state index is 13.0. The highest BCUT2D eigenvalue weighted by atomic mass is 31.2. The molecule has 0 saturated heterocycles. The average molecular weight is 1350 g/mol. The Labute approximate surface area is 562 Å². The van der Waals surface area contributed by atoms with Crippen molar-refractivity contribution < 1.29 is 80.2 Å². The zero-order chi connectivity index (χ0) is 68.2. The number of hydrogen-bond acceptors (Lipinski definition) is 15. The summed E-state index contributed by atoms with van der Waals surface area (Å²) in [6.45, 7) is 14.1. The molecule has 0 saturated carbocycles. The molecule has 0 rings (SSSR count). The fourth-order valence-corrected chi connectivity index (χ4v) is 12.5. The zero-order valence-electron chi connectivity index (χ0n) is 60.2. The van der Waals surface area contributed by atoms with Gasteiger partial charge in [-0.3, -0.25) is 37.3 Å². The van der Waals surface area contributed by atoms with Crippen molar-refractivity contribution >= 4 is 39.5 Å². The van der Waals surface area contributed by atoms with Gasteiger partial charge in [0, 0.05) is 25.7 Å². The first-order chi connectivity index (χ1) is 44.2. The van der Waals surface area contributed by atoms with Crippen molar-refractivity contribution in [1.82, 2.24) is 0 Å². The quantitative estimate of drug-likeness (QED) is 0.0222. The number of carbonyl (C=O) groups excluding carboxylic acids is 4. The van der Waals surface area contributed by atoms with Crippen molar-refractivity contribution in [3.05, 3.63) is 0 Å². The van der Waals surface area contributed by atoms with Crippen molar-refractivity contribution in [2.75, 3.05) is 39.6 Å². The van der Waals surface area contributed by atoms with Crippen molar-refractivity contribution in [2.24, 2.45) is 23.7 Å². The number of hydrogen-bond donors (Lipinski definition) is 3. The Morgan fingerprint density at radius 2 is 0.522 bits per heavy atom. The van der Waals surface area contributed by atoms with Crippen LogP contribution >= 0.6 is 15.6 Å². The van der Waals surface area contributed by atoms with Crippen LogP contribution in [0, 0.1) is 23.7 Å². The van der Waals surface area contributed by atoms with E-state index in [1.807, 2.05) is 0 Å². The molecule has 0 heterocycles. The maximum Gasteiger partial charge on any atom is 0.472 e. The molecule has 0 bridgehead atoms. The van der Waals surface area contributed by atoms with E-state index in [4.69, 9.17) is 37.0 Å². The monoisotopic (exact) mass is 1350 g/mol. The number of esters is 4. The molecule has 7 atom stereocenters. The van der Waals surface area contributed by atoms with Crippen molar-refractivity contribution in [2.45, 2.75) is 382 Å². The summed E-state index contributed by atoms with van der Waals surface area (Å²) in [4.78, 5) is 72.5. The highest BCUT2D eigenvalue weighted by Crippen LogP contribution is 2.45. The van der Waals surface area contributed by atoms with Gasteiger partial charge in [0.1, 0.15) is 19.3 Å². The van der Waals surface area contributed by atoms with Crippen LogP contribution in [0.4, 0.5) is 0 Å². The molecule has 0 aliphatic carbocycles. The first-order valence-corrected chi connectivity index (χ1v) is 40.8. The third-order valence-corrected chi connectivity index (χ3v) is 19.4. The summed E-state index contributed by atoms with van der Waals surface area (Å²) in [5.74, 6) is 0.867. The molecule has 0 fully saturated rings. The normalized spacial score (nSPS) is 14.8. The number of ether oxygens (including phenoxy) is 4. The summed E-state index contributed by atoms with van der Waals surface area (Å²) in [5.41, 5.74) is 0. The lowest BCUT2D eigenvalue weighted by Gasteiger charge is -2.21. The maximum atomic E-state index is 13.0. The Balaban J connectivity index is 5.13. The first kappa shape index (κ1) is 90.1. The highest BCUT2D eigenvalue weighted by Gasteiger charge is 2.30. The molecule has 0 aromatic carbocycles. The van der Waals surface area contributed by atoms with E-state index >= 15 is 0 Å². The molecule has 19 heteroatoms. The third kappa shape index (κ3) is 64.1. The van der Waals surface area contributed by atoms with E-state index in [-0.39, 0.29) is 25.7 Å². The minimum Gasteiger partial charge on any atom is -0.462 e. The minimum atomic E-state index is -4.95. The molecule has 0 aromatic heterocycles. The van der Waals surface area contributed by atoms with Crippen LogP contribution in [0.15, 0.2) is 0 Å². The second-order valence-corrected chi connectivity index (χ2v) is 30.7. The summed E-state index contributed by atoms with van der Waals surface area (Å²) < 4.78 is 68.3. The van der Waals surface area contributed by atoms with Gasteiger partial charge in [0.2, 0.25) is 0 Å². The Bertz CT molecular complexity index is 1820. The van der Waals surface area contributed by atoms with E-state index in [1.165, 1.54) is 154 Å². The van der Waals surface area contributed by atoms with E-state index in [0.717, 1.165) is 115 Å². The Morgan fingerprint density at radius 1 is 0.304 bits per heavy atom. The fraction of sp³-hybridized carbons (Fsp3) is 0.945. The molecule has 0 aliphatic rings. The topological polar surface area (TPSA) is 237 Å². The molecule has 0 amide bonds. The summed E-state index contributed by atoms with van der Waals surface area (Å²) in [6.07, 6.45) is 46.2. The standard InChI is InChI=1S/C73H142O17P2/c1-9-65(7)51-43-35-25-21-19-17-15-13-11-12-14-16-18-20-22-27-39-47-55-72(77)89-68(59-83-70(75)53-45-37-31-29-33-41-49-63(3)4)61-87-91(79,80)85-57-67(74)58-86-92(81,82)88-62-69(60-84-71(76)54-46-38-32-30-34-42-50-64(5)6)90-73(78)56-48-40-28-24-23-26-36-44-52-66(8)10-2/h63-69,74H,9-62H2,1-8H3,(H,79,80)(H,81,82)/t65?,66?,67-,68+,69+/m0/s1. The van der Waals surface area contributed by atoms with Gasteiger partial charge in [0.15, 0.2) is 12.2 Å². The van der Waals surface area contributed by atoms with Gasteiger partial charge in [-0.2, -0.15) is 0 Å². The van der Waals surface area contributed by atoms with E-state index in [0.29, 0.717) is 37.5 Å². The minimum absolute atomic E-state index is 0.103. The number of aliphatic hydroxyl groups excluding tert-OH is 1. The van der Waals surface area contributed by atoms with E-state index in [9.17, 15) is 43.2 Å². The Morgan fingerprint density at radius 3 is 0.772 bits per heavy atom. The average Bonchev–Trinajstić information content (AvgIpc) is 3.01. The number of phosphoric ester groups is 2. The van der Waals surface area contributed by atoms with Gasteiger partial charge in [0.25, 0.3) is 0 Å². The predicted molar refractivity (Wildman–Crippen MR) is 372 cm³/mol. The van der Waals surface area contributed by atoms with Crippen LogP contribution < -0.4 is 0 Å². The van der Waals surface area contributed by atoms with Crippen LogP contribution in [0.1, 0.15) is 364 Å². The fourth-order valence-electron chi connectivity index (χ4n) is 11.0. The number of aliphatic hydroxyl groups is 1. The molecule has 0 spiro atoms. The largest absolute Gasteiger partial charge is 0.472 e. The number of rotatable bonds is 70. The van der Waals surface area contributed by atoms with Crippen LogP contribution in [0.2, 0.25) is 0 Å². The van der Waals surface area contributed by atoms with Gasteiger partial charge in [-0.05, 0) is 49.4 Å². The summed E-state index contributed by atoms with van der Waals surface area (Å²) >= 11 is 0. The molecule has 0 radical (unpaired) electrons. The molecular weight excluding hydrogens is 1210 g/mol. The molecule has 546 valence electrons. The van der Waals surface area contributed by atoms with Gasteiger partial charge < -0.3 is 33.8 Å². The second-order valence-electron chi connectivity index (χ2n) is 27.8. The number of phosphoric acid groups is 2. The van der Waals surface area contributed by atoms with Gasteiger partial charge in [-0.25, -0.2) is 9.13 Å². The van der Waals surface area contributed by atoms with Crippen molar-refractivity contribution in [3.63, 3.8) is 0 Å². The van der Waals surface area contributed by atoms with Crippen molar-refractivity contribution in [3.8, 4) is 0 Å². The van der Waals surface area contributed by atoms with Crippen LogP contribution in [-0.4, -0.2) is 96.7 Å². The molecule has 0 aromatic rings. The first-order valence-electron chi connectivity index (χ1n) is 37.8. The summed E-state index contributed by atoms with van der Waals surface area (Å²) in [5, 5.41) is 10.6. The predicted octanol–water partition coefficient (Wildman–Crippen LogP) is 20.9. The van der Waals surface area contributed by atoms with E-state index in [1.54, 1.807) is 0 Å². The summed E-state index contributed by atoms with van der Waals surface area (Å²) in [7, 11) is -9.90. The molecule has 3 N–H and O–H groups in total. The SMILES string of the molecule is CCC(C)CCCCCCCCCCCCCCCCCCCCC(=O)O[C@H](COC(=O)CCCCCCCCC(C)C)COP(=O)(O)OC[C@H](O)COP(=O)(O)OC[C@@H](COC(=O)CCCCCCCCC(C)C)OC(=O)CCCCCCCCCCC(C)CC. The smallest absolute Gasteiger partial charge is 0.462 e. The van der Waals surface area contributed by atoms with Crippen molar-refractivity contribution in [1.29, 1.82) is 0 Å². The number of carbonyl (C=O) groups is 4. The molecular formula is C73H142O17P2. The van der Waals surface area contributed by atoms with Crippen LogP contribution in [0.25, 0.3) is 0 Å². The third-order valence-electron chi connectivity index (χ3n) is 17.5. The van der Waals surface area contributed by atoms with E-state index in [2.05, 4.69) is 55.4 Å². The molecule has 0 aliphatic heterocycles. The zero-order valence-corrected chi connectivity index (χ0v) is 62.0. The summed E-state index contributed by atoms with van der Waals surface area (Å²) in [6, 6.07) is 0. The Kier molecular flexibility index (Phi) is 61.3. The van der Waals surface area contributed by atoms with Gasteiger partial charge >= 0.3 is 39.5 Å². The lowest BCUT2D eigenvalue weighted by Crippen LogP contribution is -2.30. The molecule has 92 heavy (non-hydrogen) atoms. The molecule has 17 nitrogen and oxygen atoms in total. The molecule has 4 unspecified atom stereocenters. The second kappa shape index (κ2) is 62.6. The number of unbranched alkanes of at least 4 members (excludes halogenated alkanes) is 34. The highest BCUT2D eigenvalue weighted by molar-refractivity contribution is 7.47. The van der Waals surface area contributed by atoms with Crippen LogP contribution in [0.3, 0.4) is 0 Å². The van der Waals surface area contributed by atoms with Crippen LogP contribution in [-0.2, 0) is 65.4 Å². The lowest BCUT2D eigenvalue weighted by molar-refractivity contribution is -0.161. The van der Waals surface area contributed by atoms with Crippen LogP contribution in [0.5, 0.6) is 0 Å².